The van der Waals surface area contributed by atoms with E-state index in [4.69, 9.17) is 9.84 Å². The van der Waals surface area contributed by atoms with Crippen LogP contribution >= 0.6 is 11.8 Å². The van der Waals surface area contributed by atoms with Crippen molar-refractivity contribution in [2.45, 2.75) is 12.5 Å². The highest BCUT2D eigenvalue weighted by Crippen LogP contribution is 2.11. The Balaban J connectivity index is 2.48. The molecule has 3 N–H and O–H groups in total. The lowest BCUT2D eigenvalue weighted by Crippen LogP contribution is -2.43. The second kappa shape index (κ2) is 9.25. The topological polar surface area (TPSA) is 95.9 Å². The highest BCUT2D eigenvalue weighted by atomic mass is 32.2. The van der Waals surface area contributed by atoms with E-state index < -0.39 is 12.0 Å². The molecule has 1 amide bonds. The van der Waals surface area contributed by atoms with Gasteiger partial charge in [-0.1, -0.05) is 12.1 Å². The minimum Gasteiger partial charge on any atom is -0.508 e. The first-order valence-electron chi connectivity index (χ1n) is 6.39. The van der Waals surface area contributed by atoms with E-state index in [1.165, 1.54) is 23.9 Å². The normalized spacial score (nSPS) is 11.9. The second-order valence-corrected chi connectivity index (χ2v) is 5.48. The molecule has 1 aromatic rings. The number of carbonyl (C=O) groups is 2. The Hall–Kier alpha value is -1.73. The molecule has 6 nitrogen and oxygen atoms in total. The van der Waals surface area contributed by atoms with Gasteiger partial charge in [-0.3, -0.25) is 4.79 Å². The van der Waals surface area contributed by atoms with Crippen LogP contribution in [0.4, 0.5) is 0 Å². The summed E-state index contributed by atoms with van der Waals surface area (Å²) in [6.45, 7) is 0.549. The number of carbonyl (C=O) groups excluding carboxylic acids is 1. The van der Waals surface area contributed by atoms with Gasteiger partial charge in [0, 0.05) is 19.3 Å². The lowest BCUT2D eigenvalue weighted by molar-refractivity contribution is -0.141. The number of methoxy groups -OCH3 is 1. The summed E-state index contributed by atoms with van der Waals surface area (Å²) in [4.78, 5) is 22.9. The lowest BCUT2D eigenvalue weighted by atomic mass is 10.1. The van der Waals surface area contributed by atoms with Crippen LogP contribution in [-0.4, -0.2) is 53.4 Å². The van der Waals surface area contributed by atoms with Gasteiger partial charge in [-0.25, -0.2) is 4.79 Å². The van der Waals surface area contributed by atoms with E-state index in [-0.39, 0.29) is 23.8 Å². The van der Waals surface area contributed by atoms with Crippen molar-refractivity contribution in [1.29, 1.82) is 0 Å². The smallest absolute Gasteiger partial charge is 0.326 e. The Morgan fingerprint density at radius 1 is 1.33 bits per heavy atom. The van der Waals surface area contributed by atoms with E-state index in [0.29, 0.717) is 12.4 Å². The molecule has 7 heteroatoms. The van der Waals surface area contributed by atoms with Gasteiger partial charge < -0.3 is 20.3 Å². The molecular weight excluding hydrogens is 294 g/mol. The Morgan fingerprint density at radius 2 is 2.00 bits per heavy atom. The summed E-state index contributed by atoms with van der Waals surface area (Å²) in [6, 6.07) is 5.24. The zero-order valence-corrected chi connectivity index (χ0v) is 12.6. The number of carboxylic acids is 1. The van der Waals surface area contributed by atoms with E-state index in [1.54, 1.807) is 19.2 Å². The fraction of sp³-hybridized carbons (Fsp3) is 0.429. The SMILES string of the molecule is COCCSCC(=O)N[C@H](Cc1ccc(O)cc1)C(=O)O. The summed E-state index contributed by atoms with van der Waals surface area (Å²) >= 11 is 1.38. The molecule has 0 spiro atoms. The number of carboxylic acid groups (broad SMARTS) is 1. The number of hydrogen-bond donors (Lipinski definition) is 3. The monoisotopic (exact) mass is 313 g/mol. The van der Waals surface area contributed by atoms with Crippen LogP contribution in [0.1, 0.15) is 5.56 Å². The summed E-state index contributed by atoms with van der Waals surface area (Å²) < 4.78 is 4.86. The number of benzene rings is 1. The molecule has 0 unspecified atom stereocenters. The molecule has 1 rings (SSSR count). The predicted molar refractivity (Wildman–Crippen MR) is 80.6 cm³/mol. The van der Waals surface area contributed by atoms with E-state index in [2.05, 4.69) is 5.32 Å². The number of aliphatic carboxylic acids is 1. The quantitative estimate of drug-likeness (QED) is 0.586. The van der Waals surface area contributed by atoms with Crippen LogP contribution in [0.3, 0.4) is 0 Å². The van der Waals surface area contributed by atoms with Crippen molar-refractivity contribution in [1.82, 2.24) is 5.32 Å². The van der Waals surface area contributed by atoms with Crippen molar-refractivity contribution >= 4 is 23.6 Å². The van der Waals surface area contributed by atoms with Crippen molar-refractivity contribution in [3.63, 3.8) is 0 Å². The molecule has 0 heterocycles. The summed E-state index contributed by atoms with van der Waals surface area (Å²) in [5.41, 5.74) is 0.729. The number of nitrogens with one attached hydrogen (secondary N) is 1. The average molecular weight is 313 g/mol. The number of aromatic hydroxyl groups is 1. The first-order chi connectivity index (χ1) is 10.0. The zero-order valence-electron chi connectivity index (χ0n) is 11.7. The molecule has 0 aliphatic heterocycles. The summed E-state index contributed by atoms with van der Waals surface area (Å²) in [7, 11) is 1.58. The third kappa shape index (κ3) is 7.01. The van der Waals surface area contributed by atoms with Crippen LogP contribution < -0.4 is 5.32 Å². The molecule has 0 saturated carbocycles. The van der Waals surface area contributed by atoms with Gasteiger partial charge >= 0.3 is 5.97 Å². The van der Waals surface area contributed by atoms with Crippen LogP contribution in [0.15, 0.2) is 24.3 Å². The first kappa shape index (κ1) is 17.3. The minimum atomic E-state index is -1.08. The van der Waals surface area contributed by atoms with Gasteiger partial charge in [-0.15, -0.1) is 11.8 Å². The van der Waals surface area contributed by atoms with Crippen LogP contribution in [-0.2, 0) is 20.7 Å². The third-order valence-electron chi connectivity index (χ3n) is 2.67. The van der Waals surface area contributed by atoms with Crippen LogP contribution in [0.25, 0.3) is 0 Å². The molecule has 1 atom stereocenters. The van der Waals surface area contributed by atoms with Gasteiger partial charge in [0.2, 0.25) is 5.91 Å². The maximum Gasteiger partial charge on any atom is 0.326 e. The Kier molecular flexibility index (Phi) is 7.63. The third-order valence-corrected chi connectivity index (χ3v) is 3.60. The number of phenolic OH excluding ortho intramolecular Hbond substituents is 1. The molecule has 0 fully saturated rings. The van der Waals surface area contributed by atoms with E-state index in [0.717, 1.165) is 5.56 Å². The van der Waals surface area contributed by atoms with Gasteiger partial charge in [0.15, 0.2) is 0 Å². The number of thioether (sulfide) groups is 1. The minimum absolute atomic E-state index is 0.115. The Morgan fingerprint density at radius 3 is 2.57 bits per heavy atom. The predicted octanol–water partition coefficient (Wildman–Crippen LogP) is 0.884. The van der Waals surface area contributed by atoms with Crippen molar-refractivity contribution in [3.8, 4) is 5.75 Å². The van der Waals surface area contributed by atoms with E-state index in [1.807, 2.05) is 0 Å². The van der Waals surface area contributed by atoms with Gasteiger partial charge in [0.05, 0.1) is 12.4 Å². The summed E-state index contributed by atoms with van der Waals surface area (Å²) in [5.74, 6) is -0.410. The fourth-order valence-corrected chi connectivity index (χ4v) is 2.31. The highest BCUT2D eigenvalue weighted by molar-refractivity contribution is 7.99. The van der Waals surface area contributed by atoms with Crippen molar-refractivity contribution in [2.75, 3.05) is 25.2 Å². The standard InChI is InChI=1S/C14H19NO5S/c1-20-6-7-21-9-13(17)15-12(14(18)19)8-10-2-4-11(16)5-3-10/h2-5,12,16H,6-9H2,1H3,(H,15,17)(H,18,19)/t12-/m1/s1. The number of hydrogen-bond acceptors (Lipinski definition) is 5. The molecule has 0 bridgehead atoms. The average Bonchev–Trinajstić information content (AvgIpc) is 2.45. The summed E-state index contributed by atoms with van der Waals surface area (Å²) in [5, 5.41) is 20.8. The molecule has 21 heavy (non-hydrogen) atoms. The van der Waals surface area contributed by atoms with Gasteiger partial charge in [0.1, 0.15) is 11.8 Å². The maximum atomic E-state index is 11.7. The van der Waals surface area contributed by atoms with Gasteiger partial charge in [-0.2, -0.15) is 0 Å². The van der Waals surface area contributed by atoms with Gasteiger partial charge in [-0.05, 0) is 17.7 Å². The highest BCUT2D eigenvalue weighted by Gasteiger charge is 2.20. The molecule has 0 saturated heterocycles. The summed E-state index contributed by atoms with van der Waals surface area (Å²) in [6.07, 6.45) is 0.171. The van der Waals surface area contributed by atoms with Crippen LogP contribution in [0.2, 0.25) is 0 Å². The molecular formula is C14H19NO5S. The zero-order chi connectivity index (χ0) is 15.7. The van der Waals surface area contributed by atoms with Crippen LogP contribution in [0, 0.1) is 0 Å². The Labute approximate surface area is 127 Å². The number of amides is 1. The van der Waals surface area contributed by atoms with Crippen molar-refractivity contribution in [3.05, 3.63) is 29.8 Å². The Bertz CT molecular complexity index is 463. The lowest BCUT2D eigenvalue weighted by Gasteiger charge is -2.14. The molecule has 1 aromatic carbocycles. The molecule has 0 aliphatic rings. The molecule has 0 aliphatic carbocycles. The van der Waals surface area contributed by atoms with Gasteiger partial charge in [0.25, 0.3) is 0 Å². The maximum absolute atomic E-state index is 11.7. The van der Waals surface area contributed by atoms with Crippen molar-refractivity contribution in [2.24, 2.45) is 0 Å². The molecule has 0 aromatic heterocycles. The second-order valence-electron chi connectivity index (χ2n) is 4.37. The number of ether oxygens (including phenoxy) is 1. The molecule has 116 valence electrons. The largest absolute Gasteiger partial charge is 0.508 e. The molecule has 0 radical (unpaired) electrons. The van der Waals surface area contributed by atoms with Crippen LogP contribution in [0.5, 0.6) is 5.75 Å². The number of rotatable bonds is 9. The fourth-order valence-electron chi connectivity index (χ4n) is 1.61. The van der Waals surface area contributed by atoms with Crippen molar-refractivity contribution < 1.29 is 24.5 Å². The van der Waals surface area contributed by atoms with E-state index >= 15 is 0 Å². The first-order valence-corrected chi connectivity index (χ1v) is 7.55. The number of phenols is 1. The van der Waals surface area contributed by atoms with E-state index in [9.17, 15) is 14.7 Å².